The molecule has 1 heterocycles. The van der Waals surface area contributed by atoms with Gasteiger partial charge < -0.3 is 5.73 Å². The van der Waals surface area contributed by atoms with Gasteiger partial charge in [-0.25, -0.2) is 4.98 Å². The number of nitrogen functional groups attached to an aromatic ring is 1. The SMILES string of the molecule is C=Cc1cnc(N)c(C(=N)c2ccccc2)c1. The molecule has 17 heavy (non-hydrogen) atoms. The zero-order valence-electron chi connectivity index (χ0n) is 9.35. The average molecular weight is 223 g/mol. The van der Waals surface area contributed by atoms with Gasteiger partial charge in [0.1, 0.15) is 5.82 Å². The Morgan fingerprint density at radius 1 is 1.29 bits per heavy atom. The maximum atomic E-state index is 8.13. The van der Waals surface area contributed by atoms with Crippen molar-refractivity contribution in [3.05, 3.63) is 65.9 Å². The molecule has 0 aliphatic heterocycles. The van der Waals surface area contributed by atoms with Gasteiger partial charge in [0, 0.05) is 17.3 Å². The van der Waals surface area contributed by atoms with Crippen LogP contribution in [-0.2, 0) is 0 Å². The van der Waals surface area contributed by atoms with Gasteiger partial charge in [-0.3, -0.25) is 5.41 Å². The minimum absolute atomic E-state index is 0.365. The summed E-state index contributed by atoms with van der Waals surface area (Å²) in [6, 6.07) is 11.3. The third kappa shape index (κ3) is 2.23. The summed E-state index contributed by atoms with van der Waals surface area (Å²) in [6.07, 6.45) is 3.33. The molecular weight excluding hydrogens is 210 g/mol. The van der Waals surface area contributed by atoms with Gasteiger partial charge in [0.25, 0.3) is 0 Å². The number of hydrogen-bond acceptors (Lipinski definition) is 3. The summed E-state index contributed by atoms with van der Waals surface area (Å²) in [6.45, 7) is 3.68. The lowest BCUT2D eigenvalue weighted by atomic mass is 10.0. The van der Waals surface area contributed by atoms with Crippen molar-refractivity contribution in [2.45, 2.75) is 0 Å². The summed E-state index contributed by atoms with van der Waals surface area (Å²) >= 11 is 0. The van der Waals surface area contributed by atoms with E-state index in [0.717, 1.165) is 11.1 Å². The Morgan fingerprint density at radius 3 is 2.65 bits per heavy atom. The molecule has 1 aromatic heterocycles. The Bertz CT molecular complexity index is 559. The van der Waals surface area contributed by atoms with E-state index in [2.05, 4.69) is 11.6 Å². The second kappa shape index (κ2) is 4.61. The first-order valence-corrected chi connectivity index (χ1v) is 5.24. The summed E-state index contributed by atoms with van der Waals surface area (Å²) < 4.78 is 0. The van der Waals surface area contributed by atoms with E-state index < -0.39 is 0 Å². The molecule has 0 unspecified atom stereocenters. The first kappa shape index (κ1) is 11.1. The van der Waals surface area contributed by atoms with Crippen LogP contribution in [0.4, 0.5) is 5.82 Å². The molecule has 0 radical (unpaired) electrons. The monoisotopic (exact) mass is 223 g/mol. The molecule has 2 aromatic rings. The predicted molar refractivity (Wildman–Crippen MR) is 71.1 cm³/mol. The van der Waals surface area contributed by atoms with Gasteiger partial charge in [0.2, 0.25) is 0 Å². The molecule has 1 aromatic carbocycles. The Labute approximate surface area is 100 Å². The number of nitrogens with zero attached hydrogens (tertiary/aromatic N) is 1. The highest BCUT2D eigenvalue weighted by Gasteiger charge is 2.09. The highest BCUT2D eigenvalue weighted by Crippen LogP contribution is 2.16. The lowest BCUT2D eigenvalue weighted by Gasteiger charge is -2.07. The van der Waals surface area contributed by atoms with E-state index in [1.54, 1.807) is 12.3 Å². The van der Waals surface area contributed by atoms with Gasteiger partial charge >= 0.3 is 0 Å². The summed E-state index contributed by atoms with van der Waals surface area (Å²) in [5.41, 5.74) is 8.48. The zero-order valence-corrected chi connectivity index (χ0v) is 9.35. The van der Waals surface area contributed by atoms with Gasteiger partial charge in [0.15, 0.2) is 0 Å². The first-order chi connectivity index (χ1) is 8.22. The van der Waals surface area contributed by atoms with E-state index in [9.17, 15) is 0 Å². The second-order valence-electron chi connectivity index (χ2n) is 3.65. The van der Waals surface area contributed by atoms with Crippen LogP contribution in [0, 0.1) is 5.41 Å². The van der Waals surface area contributed by atoms with Crippen molar-refractivity contribution in [2.24, 2.45) is 0 Å². The van der Waals surface area contributed by atoms with Crippen molar-refractivity contribution in [2.75, 3.05) is 5.73 Å². The number of nitrogens with two attached hydrogens (primary N) is 1. The maximum absolute atomic E-state index is 8.13. The molecule has 0 bridgehead atoms. The van der Waals surface area contributed by atoms with Crippen LogP contribution in [0.3, 0.4) is 0 Å². The number of nitrogens with one attached hydrogen (secondary N) is 1. The molecule has 0 saturated carbocycles. The average Bonchev–Trinajstić information content (AvgIpc) is 2.39. The van der Waals surface area contributed by atoms with Gasteiger partial charge in [0.05, 0.1) is 5.71 Å². The Balaban J connectivity index is 2.47. The fourth-order valence-corrected chi connectivity index (χ4v) is 1.56. The van der Waals surface area contributed by atoms with Crippen LogP contribution >= 0.6 is 0 Å². The minimum atomic E-state index is 0.365. The molecule has 0 aliphatic carbocycles. The molecule has 0 aliphatic rings. The molecule has 3 nitrogen and oxygen atoms in total. The highest BCUT2D eigenvalue weighted by atomic mass is 14.8. The van der Waals surface area contributed by atoms with Crippen molar-refractivity contribution in [3.8, 4) is 0 Å². The van der Waals surface area contributed by atoms with Crippen molar-refractivity contribution in [3.63, 3.8) is 0 Å². The van der Waals surface area contributed by atoms with Gasteiger partial charge in [-0.2, -0.15) is 0 Å². The molecule has 3 N–H and O–H groups in total. The number of benzene rings is 1. The molecule has 3 heteroatoms. The molecule has 84 valence electrons. The highest BCUT2D eigenvalue weighted by molar-refractivity contribution is 6.13. The Kier molecular flexibility index (Phi) is 3.01. The molecule has 0 fully saturated rings. The standard InChI is InChI=1S/C14H13N3/c1-2-10-8-12(14(16)17-9-10)13(15)11-6-4-3-5-7-11/h2-9,15H,1H2,(H2,16,17). The van der Waals surface area contributed by atoms with Crippen molar-refractivity contribution in [1.82, 2.24) is 4.98 Å². The molecule has 0 saturated heterocycles. The molecular formula is C14H13N3. The van der Waals surface area contributed by atoms with Crippen LogP contribution in [0.2, 0.25) is 0 Å². The van der Waals surface area contributed by atoms with E-state index in [4.69, 9.17) is 11.1 Å². The van der Waals surface area contributed by atoms with E-state index in [-0.39, 0.29) is 0 Å². The van der Waals surface area contributed by atoms with Crippen LogP contribution in [-0.4, -0.2) is 10.7 Å². The predicted octanol–water partition coefficient (Wildman–Crippen LogP) is 2.72. The minimum Gasteiger partial charge on any atom is -0.383 e. The topological polar surface area (TPSA) is 62.8 Å². The maximum Gasteiger partial charge on any atom is 0.132 e. The fraction of sp³-hybridized carbons (Fsp3) is 0. The number of hydrogen-bond donors (Lipinski definition) is 2. The molecule has 0 amide bonds. The Morgan fingerprint density at radius 2 is 2.00 bits per heavy atom. The first-order valence-electron chi connectivity index (χ1n) is 5.24. The van der Waals surface area contributed by atoms with Gasteiger partial charge in [-0.1, -0.05) is 43.0 Å². The van der Waals surface area contributed by atoms with Crippen LogP contribution in [0.1, 0.15) is 16.7 Å². The summed E-state index contributed by atoms with van der Waals surface area (Å²) in [7, 11) is 0. The van der Waals surface area contributed by atoms with Crippen molar-refractivity contribution < 1.29 is 0 Å². The van der Waals surface area contributed by atoms with E-state index in [1.807, 2.05) is 36.4 Å². The summed E-state index contributed by atoms with van der Waals surface area (Å²) in [4.78, 5) is 4.06. The van der Waals surface area contributed by atoms with E-state index in [0.29, 0.717) is 17.1 Å². The second-order valence-corrected chi connectivity index (χ2v) is 3.65. The summed E-state index contributed by atoms with van der Waals surface area (Å²) in [5.74, 6) is 0.365. The zero-order chi connectivity index (χ0) is 12.3. The van der Waals surface area contributed by atoms with Crippen molar-refractivity contribution >= 4 is 17.6 Å². The third-order valence-corrected chi connectivity index (χ3v) is 2.51. The smallest absolute Gasteiger partial charge is 0.132 e. The van der Waals surface area contributed by atoms with E-state index >= 15 is 0 Å². The van der Waals surface area contributed by atoms with E-state index in [1.165, 1.54) is 0 Å². The number of pyridine rings is 1. The number of aromatic nitrogens is 1. The quantitative estimate of drug-likeness (QED) is 0.786. The lowest BCUT2D eigenvalue weighted by molar-refractivity contribution is 1.30. The van der Waals surface area contributed by atoms with Crippen LogP contribution < -0.4 is 5.73 Å². The Hall–Kier alpha value is -2.42. The molecule has 2 rings (SSSR count). The lowest BCUT2D eigenvalue weighted by Crippen LogP contribution is -2.07. The molecule has 0 atom stereocenters. The molecule has 0 spiro atoms. The normalized spacial score (nSPS) is 9.88. The van der Waals surface area contributed by atoms with Crippen LogP contribution in [0.5, 0.6) is 0 Å². The third-order valence-electron chi connectivity index (χ3n) is 2.51. The van der Waals surface area contributed by atoms with Gasteiger partial charge in [-0.05, 0) is 11.6 Å². The fourth-order valence-electron chi connectivity index (χ4n) is 1.56. The number of anilines is 1. The largest absolute Gasteiger partial charge is 0.383 e. The summed E-state index contributed by atoms with van der Waals surface area (Å²) in [5, 5.41) is 8.13. The van der Waals surface area contributed by atoms with Gasteiger partial charge in [-0.15, -0.1) is 0 Å². The van der Waals surface area contributed by atoms with Crippen LogP contribution in [0.15, 0.2) is 49.2 Å². The van der Waals surface area contributed by atoms with Crippen LogP contribution in [0.25, 0.3) is 6.08 Å². The number of rotatable bonds is 3. The van der Waals surface area contributed by atoms with Crippen molar-refractivity contribution in [1.29, 1.82) is 5.41 Å².